The number of aromatic nitrogens is 2. The molecule has 0 saturated heterocycles. The van der Waals surface area contributed by atoms with Gasteiger partial charge < -0.3 is 10.0 Å². The SMILES string of the molecule is CN(C)c1ccc(CN2CCc3nc(C4CC4)nc(-c4ccc(O)cc4)c3CC2)cc1. The van der Waals surface area contributed by atoms with E-state index in [1.54, 1.807) is 12.1 Å². The lowest BCUT2D eigenvalue weighted by molar-refractivity contribution is 0.279. The molecule has 0 atom stereocenters. The first-order valence-corrected chi connectivity index (χ1v) is 11.2. The quantitative estimate of drug-likeness (QED) is 0.671. The van der Waals surface area contributed by atoms with Crippen molar-refractivity contribution in [3.8, 4) is 17.0 Å². The lowest BCUT2D eigenvalue weighted by atomic mass is 10.0. The van der Waals surface area contributed by atoms with Crippen LogP contribution >= 0.6 is 0 Å². The molecule has 5 nitrogen and oxygen atoms in total. The van der Waals surface area contributed by atoms with Crippen molar-refractivity contribution in [3.63, 3.8) is 0 Å². The lowest BCUT2D eigenvalue weighted by Gasteiger charge is -2.20. The largest absolute Gasteiger partial charge is 0.508 e. The minimum Gasteiger partial charge on any atom is -0.508 e. The van der Waals surface area contributed by atoms with Crippen LogP contribution in [0.5, 0.6) is 5.75 Å². The van der Waals surface area contributed by atoms with E-state index >= 15 is 0 Å². The summed E-state index contributed by atoms with van der Waals surface area (Å²) in [6.07, 6.45) is 4.30. The molecule has 2 heterocycles. The zero-order chi connectivity index (χ0) is 21.4. The van der Waals surface area contributed by atoms with Gasteiger partial charge in [-0.2, -0.15) is 0 Å². The highest BCUT2D eigenvalue weighted by Crippen LogP contribution is 2.40. The molecule has 1 fully saturated rings. The zero-order valence-corrected chi connectivity index (χ0v) is 18.4. The molecule has 2 aliphatic rings. The molecule has 0 spiro atoms. The number of fused-ring (bicyclic) bond motifs is 1. The van der Waals surface area contributed by atoms with Crippen LogP contribution in [0.15, 0.2) is 48.5 Å². The first-order chi connectivity index (χ1) is 15.1. The van der Waals surface area contributed by atoms with E-state index in [0.717, 1.165) is 49.6 Å². The molecule has 3 aromatic rings. The van der Waals surface area contributed by atoms with E-state index in [1.807, 2.05) is 12.1 Å². The van der Waals surface area contributed by atoms with Crippen LogP contribution in [0, 0.1) is 0 Å². The average molecular weight is 415 g/mol. The molecule has 2 aromatic carbocycles. The average Bonchev–Trinajstić information content (AvgIpc) is 3.62. The van der Waals surface area contributed by atoms with E-state index in [1.165, 1.54) is 35.3 Å². The molecule has 0 amide bonds. The minimum absolute atomic E-state index is 0.290. The number of anilines is 1. The van der Waals surface area contributed by atoms with Crippen molar-refractivity contribution in [1.29, 1.82) is 0 Å². The summed E-state index contributed by atoms with van der Waals surface area (Å²) in [5, 5.41) is 9.72. The molecule has 0 unspecified atom stereocenters. The number of phenolic OH excluding ortho intramolecular Hbond substituents is 1. The smallest absolute Gasteiger partial charge is 0.132 e. The third-order valence-corrected chi connectivity index (χ3v) is 6.40. The molecule has 1 aliphatic carbocycles. The number of nitrogens with zero attached hydrogens (tertiary/aromatic N) is 4. The number of benzene rings is 2. The van der Waals surface area contributed by atoms with Crippen LogP contribution in [0.25, 0.3) is 11.3 Å². The fraction of sp³-hybridized carbons (Fsp3) is 0.385. The molecule has 5 heteroatoms. The van der Waals surface area contributed by atoms with Crippen molar-refractivity contribution in [2.75, 3.05) is 32.1 Å². The highest BCUT2D eigenvalue weighted by atomic mass is 16.3. The molecule has 1 aromatic heterocycles. The fourth-order valence-electron chi connectivity index (χ4n) is 4.36. The van der Waals surface area contributed by atoms with Gasteiger partial charge in [0, 0.05) is 68.6 Å². The van der Waals surface area contributed by atoms with Gasteiger partial charge in [-0.25, -0.2) is 9.97 Å². The van der Waals surface area contributed by atoms with Crippen molar-refractivity contribution >= 4 is 5.69 Å². The van der Waals surface area contributed by atoms with E-state index in [0.29, 0.717) is 5.92 Å². The second kappa shape index (κ2) is 8.31. The number of phenols is 1. The van der Waals surface area contributed by atoms with Crippen LogP contribution < -0.4 is 4.90 Å². The van der Waals surface area contributed by atoms with E-state index in [2.05, 4.69) is 48.2 Å². The van der Waals surface area contributed by atoms with Gasteiger partial charge in [0.05, 0.1) is 5.69 Å². The van der Waals surface area contributed by atoms with Gasteiger partial charge in [-0.1, -0.05) is 12.1 Å². The predicted octanol–water partition coefficient (Wildman–Crippen LogP) is 4.39. The third kappa shape index (κ3) is 4.42. The lowest BCUT2D eigenvalue weighted by Crippen LogP contribution is -2.26. The van der Waals surface area contributed by atoms with Crippen LogP contribution in [0.3, 0.4) is 0 Å². The van der Waals surface area contributed by atoms with E-state index in [9.17, 15) is 5.11 Å². The van der Waals surface area contributed by atoms with Gasteiger partial charge in [0.2, 0.25) is 0 Å². The summed E-state index contributed by atoms with van der Waals surface area (Å²) >= 11 is 0. The Morgan fingerprint density at radius 2 is 1.65 bits per heavy atom. The van der Waals surface area contributed by atoms with Crippen LogP contribution in [0.4, 0.5) is 5.69 Å². The van der Waals surface area contributed by atoms with Crippen LogP contribution in [-0.2, 0) is 19.4 Å². The second-order valence-corrected chi connectivity index (χ2v) is 9.01. The van der Waals surface area contributed by atoms with Crippen molar-refractivity contribution in [3.05, 3.63) is 71.2 Å². The molecule has 1 aliphatic heterocycles. The van der Waals surface area contributed by atoms with Crippen LogP contribution in [-0.4, -0.2) is 47.2 Å². The molecule has 5 rings (SSSR count). The number of hydrogen-bond donors (Lipinski definition) is 1. The minimum atomic E-state index is 0.290. The summed E-state index contributed by atoms with van der Waals surface area (Å²) in [7, 11) is 4.15. The molecule has 1 saturated carbocycles. The number of hydrogen-bond acceptors (Lipinski definition) is 5. The first-order valence-electron chi connectivity index (χ1n) is 11.2. The van der Waals surface area contributed by atoms with Crippen molar-refractivity contribution in [2.24, 2.45) is 0 Å². The van der Waals surface area contributed by atoms with Crippen molar-refractivity contribution in [1.82, 2.24) is 14.9 Å². The topological polar surface area (TPSA) is 52.5 Å². The predicted molar refractivity (Wildman–Crippen MR) is 125 cm³/mol. The Bertz CT molecular complexity index is 1060. The Balaban J connectivity index is 1.39. The summed E-state index contributed by atoms with van der Waals surface area (Å²) in [6.45, 7) is 2.97. The maximum Gasteiger partial charge on any atom is 0.132 e. The summed E-state index contributed by atoms with van der Waals surface area (Å²) in [6, 6.07) is 16.3. The molecule has 160 valence electrons. The van der Waals surface area contributed by atoms with Gasteiger partial charge in [0.1, 0.15) is 11.6 Å². The number of rotatable bonds is 5. The number of aromatic hydroxyl groups is 1. The van der Waals surface area contributed by atoms with Gasteiger partial charge in [0.25, 0.3) is 0 Å². The first kappa shape index (κ1) is 20.0. The van der Waals surface area contributed by atoms with Gasteiger partial charge >= 0.3 is 0 Å². The Kier molecular flexibility index (Phi) is 5.36. The Morgan fingerprint density at radius 3 is 2.32 bits per heavy atom. The van der Waals surface area contributed by atoms with Gasteiger partial charge in [-0.05, 0) is 61.2 Å². The van der Waals surface area contributed by atoms with E-state index in [-0.39, 0.29) is 5.75 Å². The molecule has 1 N–H and O–H groups in total. The normalized spacial score (nSPS) is 16.6. The third-order valence-electron chi connectivity index (χ3n) is 6.40. The molecule has 31 heavy (non-hydrogen) atoms. The Hall–Kier alpha value is -2.92. The highest BCUT2D eigenvalue weighted by Gasteiger charge is 2.29. The molecule has 0 bridgehead atoms. The summed E-state index contributed by atoms with van der Waals surface area (Å²) in [5.41, 5.74) is 7.20. The standard InChI is InChI=1S/C26H30N4O/c1-29(2)21-9-3-18(4-10-21)17-30-15-13-23-24(14-16-30)27-26(20-5-6-20)28-25(23)19-7-11-22(31)12-8-19/h3-4,7-12,20,31H,5-6,13-17H2,1-2H3. The van der Waals surface area contributed by atoms with E-state index < -0.39 is 0 Å². The van der Waals surface area contributed by atoms with E-state index in [4.69, 9.17) is 9.97 Å². The summed E-state index contributed by atoms with van der Waals surface area (Å²) in [5.74, 6) is 1.82. The van der Waals surface area contributed by atoms with Crippen LogP contribution in [0.2, 0.25) is 0 Å². The molecular formula is C26H30N4O. The monoisotopic (exact) mass is 414 g/mol. The molecular weight excluding hydrogens is 384 g/mol. The van der Waals surface area contributed by atoms with Gasteiger partial charge in [0.15, 0.2) is 0 Å². The maximum atomic E-state index is 9.72. The zero-order valence-electron chi connectivity index (χ0n) is 18.4. The van der Waals surface area contributed by atoms with Crippen molar-refractivity contribution < 1.29 is 5.11 Å². The van der Waals surface area contributed by atoms with Crippen molar-refractivity contribution in [2.45, 2.75) is 38.1 Å². The second-order valence-electron chi connectivity index (χ2n) is 9.01. The Labute approximate surface area is 184 Å². The maximum absolute atomic E-state index is 9.72. The molecule has 0 radical (unpaired) electrons. The fourth-order valence-corrected chi connectivity index (χ4v) is 4.36. The Morgan fingerprint density at radius 1 is 0.935 bits per heavy atom. The summed E-state index contributed by atoms with van der Waals surface area (Å²) < 4.78 is 0. The van der Waals surface area contributed by atoms with Gasteiger partial charge in [-0.15, -0.1) is 0 Å². The van der Waals surface area contributed by atoms with Crippen LogP contribution in [0.1, 0.15) is 41.4 Å². The van der Waals surface area contributed by atoms with Gasteiger partial charge in [-0.3, -0.25) is 4.90 Å². The highest BCUT2D eigenvalue weighted by molar-refractivity contribution is 5.65. The summed E-state index contributed by atoms with van der Waals surface area (Å²) in [4.78, 5) is 14.7.